The molecule has 0 saturated carbocycles. The van der Waals surface area contributed by atoms with Crippen molar-refractivity contribution in [2.45, 2.75) is 45.1 Å². The largest absolute Gasteiger partial charge is 0.396 e. The Morgan fingerprint density at radius 3 is 2.71 bits per heavy atom. The summed E-state index contributed by atoms with van der Waals surface area (Å²) in [5.74, 6) is 0.00162. The molecule has 0 aliphatic rings. The van der Waals surface area contributed by atoms with Gasteiger partial charge in [0.25, 0.3) is 0 Å². The van der Waals surface area contributed by atoms with Crippen molar-refractivity contribution in [3.8, 4) is 0 Å². The number of aliphatic hydroxyl groups is 2. The molecular formula is C10H21NO3. The van der Waals surface area contributed by atoms with E-state index in [0.29, 0.717) is 25.8 Å². The van der Waals surface area contributed by atoms with Gasteiger partial charge in [0.15, 0.2) is 0 Å². The maximum absolute atomic E-state index is 11.1. The number of amides is 1. The highest BCUT2D eigenvalue weighted by Crippen LogP contribution is 1.96. The van der Waals surface area contributed by atoms with Crippen molar-refractivity contribution >= 4 is 5.91 Å². The second-order valence-electron chi connectivity index (χ2n) is 3.38. The number of nitrogens with one attached hydrogen (secondary N) is 1. The quantitative estimate of drug-likeness (QED) is 0.501. The Morgan fingerprint density at radius 1 is 1.43 bits per heavy atom. The van der Waals surface area contributed by atoms with Gasteiger partial charge in [0.1, 0.15) is 0 Å². The van der Waals surface area contributed by atoms with Gasteiger partial charge in [0, 0.05) is 19.6 Å². The zero-order valence-corrected chi connectivity index (χ0v) is 8.83. The maximum Gasteiger partial charge on any atom is 0.219 e. The summed E-state index contributed by atoms with van der Waals surface area (Å²) in [4.78, 5) is 11.1. The fraction of sp³-hybridized carbons (Fsp3) is 0.900. The van der Waals surface area contributed by atoms with Gasteiger partial charge in [-0.25, -0.2) is 0 Å². The van der Waals surface area contributed by atoms with Crippen LogP contribution in [-0.2, 0) is 4.79 Å². The molecule has 0 aromatic carbocycles. The molecule has 4 nitrogen and oxygen atoms in total. The van der Waals surface area contributed by atoms with Crippen LogP contribution in [0.1, 0.15) is 39.0 Å². The van der Waals surface area contributed by atoms with Gasteiger partial charge >= 0.3 is 0 Å². The van der Waals surface area contributed by atoms with Crippen molar-refractivity contribution in [1.29, 1.82) is 0 Å². The molecule has 0 spiro atoms. The molecule has 1 unspecified atom stereocenters. The van der Waals surface area contributed by atoms with Crippen LogP contribution in [0.3, 0.4) is 0 Å². The van der Waals surface area contributed by atoms with Crippen LogP contribution in [-0.4, -0.2) is 35.4 Å². The Kier molecular flexibility index (Phi) is 8.57. The third-order valence-electron chi connectivity index (χ3n) is 2.08. The first-order valence-corrected chi connectivity index (χ1v) is 5.26. The lowest BCUT2D eigenvalue weighted by Crippen LogP contribution is -2.26. The van der Waals surface area contributed by atoms with Crippen LogP contribution in [0.4, 0.5) is 0 Å². The molecule has 0 aromatic heterocycles. The van der Waals surface area contributed by atoms with Gasteiger partial charge in [-0.2, -0.15) is 0 Å². The Bertz CT molecular complexity index is 150. The monoisotopic (exact) mass is 203 g/mol. The minimum Gasteiger partial charge on any atom is -0.396 e. The number of carbonyl (C=O) groups excluding carboxylic acids is 1. The number of carbonyl (C=O) groups is 1. The van der Waals surface area contributed by atoms with Gasteiger partial charge in [0.05, 0.1) is 6.10 Å². The molecule has 0 fully saturated rings. The van der Waals surface area contributed by atoms with E-state index in [4.69, 9.17) is 5.11 Å². The third kappa shape index (κ3) is 8.01. The van der Waals surface area contributed by atoms with E-state index in [9.17, 15) is 9.90 Å². The lowest BCUT2D eigenvalue weighted by molar-refractivity contribution is -0.121. The predicted octanol–water partition coefficient (Wildman–Crippen LogP) is 0.426. The van der Waals surface area contributed by atoms with Crippen molar-refractivity contribution < 1.29 is 15.0 Å². The molecule has 0 bridgehead atoms. The normalized spacial score (nSPS) is 12.5. The summed E-state index contributed by atoms with van der Waals surface area (Å²) in [5, 5.41) is 20.4. The smallest absolute Gasteiger partial charge is 0.219 e. The van der Waals surface area contributed by atoms with Gasteiger partial charge in [-0.15, -0.1) is 0 Å². The summed E-state index contributed by atoms with van der Waals surface area (Å²) >= 11 is 0. The lowest BCUT2D eigenvalue weighted by Gasteiger charge is -2.08. The van der Waals surface area contributed by atoms with Crippen molar-refractivity contribution in [3.05, 3.63) is 0 Å². The van der Waals surface area contributed by atoms with Gasteiger partial charge in [-0.05, 0) is 25.7 Å². The maximum atomic E-state index is 11.1. The summed E-state index contributed by atoms with van der Waals surface area (Å²) < 4.78 is 0. The number of aliphatic hydroxyl groups excluding tert-OH is 2. The molecule has 14 heavy (non-hydrogen) atoms. The first-order valence-electron chi connectivity index (χ1n) is 5.26. The molecule has 4 heteroatoms. The molecular weight excluding hydrogens is 182 g/mol. The van der Waals surface area contributed by atoms with E-state index in [-0.39, 0.29) is 18.6 Å². The molecule has 0 heterocycles. The SMILES string of the molecule is CCC(O)CCNC(=O)CCCCO. The molecule has 1 atom stereocenters. The van der Waals surface area contributed by atoms with Crippen LogP contribution in [0.5, 0.6) is 0 Å². The van der Waals surface area contributed by atoms with Gasteiger partial charge in [0.2, 0.25) is 5.91 Å². The Hall–Kier alpha value is -0.610. The second-order valence-corrected chi connectivity index (χ2v) is 3.38. The number of rotatable bonds is 8. The predicted molar refractivity (Wildman–Crippen MR) is 54.9 cm³/mol. The van der Waals surface area contributed by atoms with E-state index in [1.165, 1.54) is 0 Å². The van der Waals surface area contributed by atoms with E-state index in [2.05, 4.69) is 5.32 Å². The summed E-state index contributed by atoms with van der Waals surface area (Å²) in [6, 6.07) is 0. The summed E-state index contributed by atoms with van der Waals surface area (Å²) in [6.07, 6.45) is 2.88. The summed E-state index contributed by atoms with van der Waals surface area (Å²) in [5.41, 5.74) is 0. The molecule has 84 valence electrons. The van der Waals surface area contributed by atoms with E-state index in [0.717, 1.165) is 12.8 Å². The van der Waals surface area contributed by atoms with E-state index < -0.39 is 0 Å². The molecule has 0 aliphatic heterocycles. The molecule has 0 aliphatic carbocycles. The Labute approximate surface area is 85.3 Å². The Morgan fingerprint density at radius 2 is 2.14 bits per heavy atom. The van der Waals surface area contributed by atoms with Gasteiger partial charge < -0.3 is 15.5 Å². The van der Waals surface area contributed by atoms with Crippen molar-refractivity contribution in [2.75, 3.05) is 13.2 Å². The fourth-order valence-corrected chi connectivity index (χ4v) is 1.07. The van der Waals surface area contributed by atoms with Crippen LogP contribution < -0.4 is 5.32 Å². The average molecular weight is 203 g/mol. The fourth-order valence-electron chi connectivity index (χ4n) is 1.07. The first-order chi connectivity index (χ1) is 6.70. The van der Waals surface area contributed by atoms with Crippen LogP contribution in [0.25, 0.3) is 0 Å². The molecule has 0 aromatic rings. The molecule has 0 rings (SSSR count). The van der Waals surface area contributed by atoms with E-state index in [1.807, 2.05) is 6.92 Å². The summed E-state index contributed by atoms with van der Waals surface area (Å²) in [7, 11) is 0. The van der Waals surface area contributed by atoms with Crippen molar-refractivity contribution in [1.82, 2.24) is 5.32 Å². The van der Waals surface area contributed by atoms with E-state index >= 15 is 0 Å². The van der Waals surface area contributed by atoms with Crippen LogP contribution >= 0.6 is 0 Å². The van der Waals surface area contributed by atoms with Crippen LogP contribution in [0.15, 0.2) is 0 Å². The molecule has 0 radical (unpaired) electrons. The van der Waals surface area contributed by atoms with Gasteiger partial charge in [-0.3, -0.25) is 4.79 Å². The zero-order valence-electron chi connectivity index (χ0n) is 8.83. The summed E-state index contributed by atoms with van der Waals surface area (Å²) in [6.45, 7) is 2.59. The minimum absolute atomic E-state index is 0.00162. The minimum atomic E-state index is -0.312. The number of hydrogen-bond acceptors (Lipinski definition) is 3. The highest BCUT2D eigenvalue weighted by atomic mass is 16.3. The third-order valence-corrected chi connectivity index (χ3v) is 2.08. The standard InChI is InChI=1S/C10H21NO3/c1-2-9(13)6-7-11-10(14)5-3-4-8-12/h9,12-13H,2-8H2,1H3,(H,11,14). The Balaban J connectivity index is 3.26. The lowest BCUT2D eigenvalue weighted by atomic mass is 10.2. The topological polar surface area (TPSA) is 69.6 Å². The van der Waals surface area contributed by atoms with Gasteiger partial charge in [-0.1, -0.05) is 6.92 Å². The molecule has 0 saturated heterocycles. The molecule has 1 amide bonds. The molecule has 3 N–H and O–H groups in total. The number of hydrogen-bond donors (Lipinski definition) is 3. The second kappa shape index (κ2) is 8.97. The van der Waals surface area contributed by atoms with Crippen molar-refractivity contribution in [3.63, 3.8) is 0 Å². The van der Waals surface area contributed by atoms with Crippen LogP contribution in [0, 0.1) is 0 Å². The average Bonchev–Trinajstić information content (AvgIpc) is 2.18. The number of unbranched alkanes of at least 4 members (excludes halogenated alkanes) is 1. The van der Waals surface area contributed by atoms with E-state index in [1.54, 1.807) is 0 Å². The highest BCUT2D eigenvalue weighted by Gasteiger charge is 2.03. The van der Waals surface area contributed by atoms with Crippen molar-refractivity contribution in [2.24, 2.45) is 0 Å². The zero-order chi connectivity index (χ0) is 10.8. The first kappa shape index (κ1) is 13.4. The highest BCUT2D eigenvalue weighted by molar-refractivity contribution is 5.75. The van der Waals surface area contributed by atoms with Crippen LogP contribution in [0.2, 0.25) is 0 Å².